The number of sulfonamides is 1. The lowest BCUT2D eigenvalue weighted by Gasteiger charge is -2.22. The van der Waals surface area contributed by atoms with Crippen molar-refractivity contribution in [1.29, 1.82) is 0 Å². The van der Waals surface area contributed by atoms with Gasteiger partial charge >= 0.3 is 0 Å². The zero-order valence-electron chi connectivity index (χ0n) is 10.1. The Morgan fingerprint density at radius 3 is 2.11 bits per heavy atom. The smallest absolute Gasteiger partial charge is 0.123 e. The Morgan fingerprint density at radius 1 is 1.00 bits per heavy atom. The number of benzene rings is 2. The molecule has 0 aliphatic heterocycles. The van der Waals surface area contributed by atoms with Crippen LogP contribution < -0.4 is 4.74 Å². The summed E-state index contributed by atoms with van der Waals surface area (Å²) in [5.74, 6) is 0.653. The summed E-state index contributed by atoms with van der Waals surface area (Å²) >= 11 is 3.26. The van der Waals surface area contributed by atoms with Gasteiger partial charge in [0.05, 0.1) is 12.0 Å². The second-order valence-corrected chi connectivity index (χ2v) is 6.24. The maximum Gasteiger partial charge on any atom is 0.123 e. The Bertz CT molecular complexity index is 651. The molecule has 0 N–H and O–H groups in total. The fourth-order valence-electron chi connectivity index (χ4n) is 1.44. The van der Waals surface area contributed by atoms with Crippen LogP contribution in [0.2, 0.25) is 0 Å². The molecule has 0 heterocycles. The van der Waals surface area contributed by atoms with Crippen LogP contribution in [-0.4, -0.2) is 15.5 Å². The van der Waals surface area contributed by atoms with E-state index in [1.54, 1.807) is 43.5 Å². The normalized spacial score (nSPS) is 11.1. The Hall–Kier alpha value is -1.53. The van der Waals surface area contributed by atoms with E-state index >= 15 is 0 Å². The molecule has 19 heavy (non-hydrogen) atoms. The predicted octanol–water partition coefficient (Wildman–Crippen LogP) is 3.85. The molecule has 6 heteroatoms. The molecule has 0 radical (unpaired) electrons. The standard InChI is InChI=1S/C13H11BrNO3S/c1-18-12-6-4-11(5-7-12)15-19(16,17)13-8-2-10(14)3-9-13/h2-9H,1H3/q-1. The third-order valence-electron chi connectivity index (χ3n) is 2.41. The average molecular weight is 341 g/mol. The van der Waals surface area contributed by atoms with Gasteiger partial charge in [-0.3, -0.25) is 0 Å². The van der Waals surface area contributed by atoms with Gasteiger partial charge in [-0.2, -0.15) is 0 Å². The highest BCUT2D eigenvalue weighted by atomic mass is 79.9. The SMILES string of the molecule is COc1ccc([N-]S(=O)(=O)c2ccc(Br)cc2)cc1. The monoisotopic (exact) mass is 340 g/mol. The quantitative estimate of drug-likeness (QED) is 0.849. The van der Waals surface area contributed by atoms with Gasteiger partial charge in [0.1, 0.15) is 15.8 Å². The first-order valence-corrected chi connectivity index (χ1v) is 7.62. The van der Waals surface area contributed by atoms with Crippen molar-refractivity contribution >= 4 is 31.6 Å². The van der Waals surface area contributed by atoms with Crippen molar-refractivity contribution in [2.45, 2.75) is 4.90 Å². The highest BCUT2D eigenvalue weighted by Gasteiger charge is 2.04. The third-order valence-corrected chi connectivity index (χ3v) is 4.26. The summed E-state index contributed by atoms with van der Waals surface area (Å²) in [4.78, 5) is 0.159. The largest absolute Gasteiger partial charge is 0.573 e. The fraction of sp³-hybridized carbons (Fsp3) is 0.0769. The minimum absolute atomic E-state index is 0.159. The summed E-state index contributed by atoms with van der Waals surface area (Å²) in [5.41, 5.74) is 0.365. The summed E-state index contributed by atoms with van der Waals surface area (Å²) in [6, 6.07) is 12.8. The van der Waals surface area contributed by atoms with Crippen LogP contribution in [-0.2, 0) is 10.0 Å². The molecule has 4 nitrogen and oxygen atoms in total. The first kappa shape index (κ1) is 13.9. The molecule has 0 unspecified atom stereocenters. The van der Waals surface area contributed by atoms with Crippen LogP contribution in [0.5, 0.6) is 5.75 Å². The molecule has 0 aliphatic carbocycles. The van der Waals surface area contributed by atoms with Gasteiger partial charge in [-0.1, -0.05) is 28.1 Å². The number of hydrogen-bond acceptors (Lipinski definition) is 3. The molecule has 100 valence electrons. The molecule has 0 saturated carbocycles. The lowest BCUT2D eigenvalue weighted by Crippen LogP contribution is -1.97. The fourth-order valence-corrected chi connectivity index (χ4v) is 2.69. The van der Waals surface area contributed by atoms with Gasteiger partial charge in [-0.05, 0) is 36.4 Å². The molecule has 2 rings (SSSR count). The van der Waals surface area contributed by atoms with Gasteiger partial charge in [0.2, 0.25) is 0 Å². The minimum atomic E-state index is -3.69. The molecule has 2 aromatic carbocycles. The van der Waals surface area contributed by atoms with E-state index in [-0.39, 0.29) is 4.90 Å². The van der Waals surface area contributed by atoms with Crippen LogP contribution in [0.1, 0.15) is 0 Å². The third kappa shape index (κ3) is 3.48. The Morgan fingerprint density at radius 2 is 1.58 bits per heavy atom. The van der Waals surface area contributed by atoms with Gasteiger partial charge in [0.15, 0.2) is 0 Å². The second kappa shape index (κ2) is 5.63. The number of methoxy groups -OCH3 is 1. The maximum absolute atomic E-state index is 12.1. The Kier molecular flexibility index (Phi) is 4.11. The van der Waals surface area contributed by atoms with Gasteiger partial charge in [0, 0.05) is 4.47 Å². The van der Waals surface area contributed by atoms with Gasteiger partial charge in [-0.25, -0.2) is 8.42 Å². The molecule has 2 aromatic rings. The summed E-state index contributed by atoms with van der Waals surface area (Å²) in [6.45, 7) is 0. The van der Waals surface area contributed by atoms with Crippen molar-refractivity contribution in [2.75, 3.05) is 7.11 Å². The molecule has 0 bridgehead atoms. The highest BCUT2D eigenvalue weighted by molar-refractivity contribution is 9.10. The first-order chi connectivity index (χ1) is 9.01. The molecule has 0 spiro atoms. The highest BCUT2D eigenvalue weighted by Crippen LogP contribution is 2.29. The van der Waals surface area contributed by atoms with E-state index < -0.39 is 10.0 Å². The summed E-state index contributed by atoms with van der Waals surface area (Å²) in [7, 11) is -2.14. The van der Waals surface area contributed by atoms with Gasteiger partial charge in [0.25, 0.3) is 0 Å². The number of nitrogens with zero attached hydrogens (tertiary/aromatic N) is 1. The molecule has 0 aliphatic rings. The van der Waals surface area contributed by atoms with Crippen LogP contribution in [0.15, 0.2) is 57.9 Å². The van der Waals surface area contributed by atoms with E-state index in [1.165, 1.54) is 12.1 Å². The Balaban J connectivity index is 2.23. The van der Waals surface area contributed by atoms with Crippen LogP contribution in [0.3, 0.4) is 0 Å². The van der Waals surface area contributed by atoms with Crippen LogP contribution in [0, 0.1) is 0 Å². The molecule has 0 amide bonds. The van der Waals surface area contributed by atoms with E-state index in [9.17, 15) is 8.42 Å². The van der Waals surface area contributed by atoms with Crippen molar-refractivity contribution < 1.29 is 13.2 Å². The maximum atomic E-state index is 12.1. The van der Waals surface area contributed by atoms with E-state index in [0.717, 1.165) is 4.47 Å². The minimum Gasteiger partial charge on any atom is -0.573 e. The van der Waals surface area contributed by atoms with Crippen molar-refractivity contribution in [3.05, 3.63) is 57.7 Å². The zero-order chi connectivity index (χ0) is 13.9. The molecular weight excluding hydrogens is 330 g/mol. The predicted molar refractivity (Wildman–Crippen MR) is 77.3 cm³/mol. The van der Waals surface area contributed by atoms with E-state index in [1.807, 2.05) is 0 Å². The Labute approximate surface area is 120 Å². The second-order valence-electron chi connectivity index (χ2n) is 3.72. The summed E-state index contributed by atoms with van der Waals surface area (Å²) < 4.78 is 33.7. The van der Waals surface area contributed by atoms with Gasteiger partial charge < -0.3 is 9.46 Å². The van der Waals surface area contributed by atoms with E-state index in [4.69, 9.17) is 4.74 Å². The summed E-state index contributed by atoms with van der Waals surface area (Å²) in [5, 5.41) is 0. The van der Waals surface area contributed by atoms with Crippen LogP contribution in [0.25, 0.3) is 4.72 Å². The zero-order valence-corrected chi connectivity index (χ0v) is 12.5. The topological polar surface area (TPSA) is 57.5 Å². The van der Waals surface area contributed by atoms with Gasteiger partial charge in [-0.15, -0.1) is 5.69 Å². The molecule has 0 aromatic heterocycles. The van der Waals surface area contributed by atoms with Crippen LogP contribution in [0.4, 0.5) is 5.69 Å². The number of halogens is 1. The number of hydrogen-bond donors (Lipinski definition) is 0. The molecule has 0 atom stereocenters. The molecule has 0 saturated heterocycles. The van der Waals surface area contributed by atoms with Crippen molar-refractivity contribution in [2.24, 2.45) is 0 Å². The lowest BCUT2D eigenvalue weighted by molar-refractivity contribution is 0.415. The number of ether oxygens (including phenoxy) is 1. The van der Waals surface area contributed by atoms with Crippen molar-refractivity contribution in [3.8, 4) is 5.75 Å². The molecular formula is C13H11BrNO3S-. The lowest BCUT2D eigenvalue weighted by atomic mass is 10.3. The van der Waals surface area contributed by atoms with E-state index in [0.29, 0.717) is 11.4 Å². The van der Waals surface area contributed by atoms with E-state index in [2.05, 4.69) is 20.7 Å². The van der Waals surface area contributed by atoms with Crippen molar-refractivity contribution in [3.63, 3.8) is 0 Å². The summed E-state index contributed by atoms with van der Waals surface area (Å²) in [6.07, 6.45) is 0. The van der Waals surface area contributed by atoms with Crippen LogP contribution >= 0.6 is 15.9 Å². The number of rotatable bonds is 4. The molecule has 0 fully saturated rings. The van der Waals surface area contributed by atoms with Crippen molar-refractivity contribution in [1.82, 2.24) is 0 Å². The average Bonchev–Trinajstić information content (AvgIpc) is 2.40. The first-order valence-electron chi connectivity index (χ1n) is 5.39.